The molecule has 0 spiro atoms. The van der Waals surface area contributed by atoms with Crippen molar-refractivity contribution >= 4 is 5.69 Å². The number of nitrogens with one attached hydrogen (secondary N) is 1. The van der Waals surface area contributed by atoms with Crippen molar-refractivity contribution in [3.63, 3.8) is 0 Å². The number of fused-ring (bicyclic) bond motifs is 1. The van der Waals surface area contributed by atoms with Gasteiger partial charge in [0, 0.05) is 11.7 Å². The summed E-state index contributed by atoms with van der Waals surface area (Å²) >= 11 is 0. The molecule has 2 aromatic rings. The molecule has 2 nitrogen and oxygen atoms in total. The third kappa shape index (κ3) is 3.57. The SMILES string of the molecule is CCOc1ccc(CCC2CCc3ccccc3N2)cc1. The third-order valence-corrected chi connectivity index (χ3v) is 4.15. The van der Waals surface area contributed by atoms with Crippen LogP contribution in [0.1, 0.15) is 30.9 Å². The van der Waals surface area contributed by atoms with Crippen LogP contribution in [-0.4, -0.2) is 12.6 Å². The highest BCUT2D eigenvalue weighted by Crippen LogP contribution is 2.26. The molecule has 1 unspecified atom stereocenters. The zero-order valence-electron chi connectivity index (χ0n) is 12.6. The lowest BCUT2D eigenvalue weighted by molar-refractivity contribution is 0.340. The quantitative estimate of drug-likeness (QED) is 0.874. The van der Waals surface area contributed by atoms with E-state index >= 15 is 0 Å². The maximum absolute atomic E-state index is 5.48. The van der Waals surface area contributed by atoms with Gasteiger partial charge in [0.15, 0.2) is 0 Å². The lowest BCUT2D eigenvalue weighted by Crippen LogP contribution is -2.25. The monoisotopic (exact) mass is 281 g/mol. The van der Waals surface area contributed by atoms with Gasteiger partial charge in [-0.2, -0.15) is 0 Å². The Morgan fingerprint density at radius 1 is 1.10 bits per heavy atom. The molecule has 0 bridgehead atoms. The van der Waals surface area contributed by atoms with E-state index in [9.17, 15) is 0 Å². The fraction of sp³-hybridized carbons (Fsp3) is 0.368. The van der Waals surface area contributed by atoms with Gasteiger partial charge in [-0.1, -0.05) is 30.3 Å². The topological polar surface area (TPSA) is 21.3 Å². The van der Waals surface area contributed by atoms with Gasteiger partial charge in [0.25, 0.3) is 0 Å². The van der Waals surface area contributed by atoms with Crippen molar-refractivity contribution in [3.8, 4) is 5.75 Å². The zero-order valence-corrected chi connectivity index (χ0v) is 12.6. The molecule has 1 aliphatic rings. The first kappa shape index (κ1) is 14.0. The van der Waals surface area contributed by atoms with Gasteiger partial charge in [0.05, 0.1) is 6.61 Å². The van der Waals surface area contributed by atoms with E-state index in [-0.39, 0.29) is 0 Å². The van der Waals surface area contributed by atoms with E-state index in [2.05, 4.69) is 53.8 Å². The van der Waals surface area contributed by atoms with Crippen molar-refractivity contribution < 1.29 is 4.74 Å². The minimum atomic E-state index is 0.589. The molecule has 1 aliphatic heterocycles. The standard InChI is InChI=1S/C19H23NO/c1-2-21-18-13-8-15(9-14-18)7-11-17-12-10-16-5-3-4-6-19(16)20-17/h3-6,8-9,13-14,17,20H,2,7,10-12H2,1H3. The number of anilines is 1. The van der Waals surface area contributed by atoms with E-state index in [0.717, 1.165) is 18.8 Å². The van der Waals surface area contributed by atoms with E-state index in [0.29, 0.717) is 6.04 Å². The Bertz CT molecular complexity index is 576. The highest BCUT2D eigenvalue weighted by molar-refractivity contribution is 5.53. The summed E-state index contributed by atoms with van der Waals surface area (Å²) < 4.78 is 5.48. The van der Waals surface area contributed by atoms with Crippen molar-refractivity contribution in [2.45, 2.75) is 38.6 Å². The van der Waals surface area contributed by atoms with Gasteiger partial charge in [-0.3, -0.25) is 0 Å². The van der Waals surface area contributed by atoms with Crippen LogP contribution in [0.5, 0.6) is 5.75 Å². The van der Waals surface area contributed by atoms with Crippen LogP contribution in [0.15, 0.2) is 48.5 Å². The first-order valence-corrected chi connectivity index (χ1v) is 7.91. The van der Waals surface area contributed by atoms with Gasteiger partial charge >= 0.3 is 0 Å². The first-order chi connectivity index (χ1) is 10.3. The number of hydrogen-bond donors (Lipinski definition) is 1. The van der Waals surface area contributed by atoms with Crippen molar-refractivity contribution in [1.82, 2.24) is 0 Å². The van der Waals surface area contributed by atoms with Gasteiger partial charge in [0.1, 0.15) is 5.75 Å². The van der Waals surface area contributed by atoms with Crippen LogP contribution in [0.3, 0.4) is 0 Å². The van der Waals surface area contributed by atoms with E-state index in [1.54, 1.807) is 0 Å². The Morgan fingerprint density at radius 2 is 1.90 bits per heavy atom. The molecule has 3 rings (SSSR count). The third-order valence-electron chi connectivity index (χ3n) is 4.15. The highest BCUT2D eigenvalue weighted by atomic mass is 16.5. The summed E-state index contributed by atoms with van der Waals surface area (Å²) in [5.74, 6) is 0.964. The first-order valence-electron chi connectivity index (χ1n) is 7.91. The molecule has 0 saturated carbocycles. The Morgan fingerprint density at radius 3 is 2.71 bits per heavy atom. The van der Waals surface area contributed by atoms with Crippen molar-refractivity contribution in [2.75, 3.05) is 11.9 Å². The van der Waals surface area contributed by atoms with E-state index in [1.807, 2.05) is 6.92 Å². The predicted octanol–water partition coefficient (Wildman–Crippen LogP) is 4.44. The summed E-state index contributed by atoms with van der Waals surface area (Å²) in [5, 5.41) is 3.67. The molecule has 1 N–H and O–H groups in total. The van der Waals surface area contributed by atoms with Crippen molar-refractivity contribution in [3.05, 3.63) is 59.7 Å². The summed E-state index contributed by atoms with van der Waals surface area (Å²) in [4.78, 5) is 0. The molecule has 1 heterocycles. The smallest absolute Gasteiger partial charge is 0.119 e. The lowest BCUT2D eigenvalue weighted by Gasteiger charge is -2.27. The molecule has 0 fully saturated rings. The number of ether oxygens (including phenoxy) is 1. The van der Waals surface area contributed by atoms with E-state index in [4.69, 9.17) is 4.74 Å². The molecular formula is C19H23NO. The Balaban J connectivity index is 1.54. The number of rotatable bonds is 5. The van der Waals surface area contributed by atoms with Gasteiger partial charge in [-0.15, -0.1) is 0 Å². The molecule has 0 amide bonds. The summed E-state index contributed by atoms with van der Waals surface area (Å²) in [6.45, 7) is 2.74. The second kappa shape index (κ2) is 6.66. The van der Waals surface area contributed by atoms with Crippen LogP contribution in [0.25, 0.3) is 0 Å². The summed E-state index contributed by atoms with van der Waals surface area (Å²) in [7, 11) is 0. The van der Waals surface area contributed by atoms with E-state index < -0.39 is 0 Å². The number of benzene rings is 2. The molecule has 0 saturated heterocycles. The minimum Gasteiger partial charge on any atom is -0.494 e. The van der Waals surface area contributed by atoms with Gasteiger partial charge < -0.3 is 10.1 Å². The Hall–Kier alpha value is -1.96. The molecule has 0 aliphatic carbocycles. The predicted molar refractivity (Wildman–Crippen MR) is 88.1 cm³/mol. The molecule has 2 aromatic carbocycles. The molecule has 110 valence electrons. The van der Waals surface area contributed by atoms with Gasteiger partial charge in [-0.25, -0.2) is 0 Å². The normalized spacial score (nSPS) is 16.9. The maximum atomic E-state index is 5.48. The van der Waals surface area contributed by atoms with Crippen LogP contribution in [-0.2, 0) is 12.8 Å². The van der Waals surface area contributed by atoms with Crippen LogP contribution in [0.4, 0.5) is 5.69 Å². The largest absolute Gasteiger partial charge is 0.494 e. The van der Waals surface area contributed by atoms with Crippen LogP contribution >= 0.6 is 0 Å². The molecule has 2 heteroatoms. The van der Waals surface area contributed by atoms with Gasteiger partial charge in [0.2, 0.25) is 0 Å². The summed E-state index contributed by atoms with van der Waals surface area (Å²) in [5.41, 5.74) is 4.16. The van der Waals surface area contributed by atoms with Crippen molar-refractivity contribution in [2.24, 2.45) is 0 Å². The molecular weight excluding hydrogens is 258 g/mol. The lowest BCUT2D eigenvalue weighted by atomic mass is 9.94. The highest BCUT2D eigenvalue weighted by Gasteiger charge is 2.16. The number of aryl methyl sites for hydroxylation is 2. The molecule has 0 radical (unpaired) electrons. The fourth-order valence-electron chi connectivity index (χ4n) is 2.98. The average molecular weight is 281 g/mol. The van der Waals surface area contributed by atoms with Gasteiger partial charge in [-0.05, 0) is 61.9 Å². The Kier molecular flexibility index (Phi) is 4.44. The zero-order chi connectivity index (χ0) is 14.5. The molecule has 21 heavy (non-hydrogen) atoms. The Labute approximate surface area is 127 Å². The second-order valence-electron chi connectivity index (χ2n) is 5.65. The molecule has 1 atom stereocenters. The minimum absolute atomic E-state index is 0.589. The maximum Gasteiger partial charge on any atom is 0.119 e. The van der Waals surface area contributed by atoms with Crippen LogP contribution in [0, 0.1) is 0 Å². The number of hydrogen-bond acceptors (Lipinski definition) is 2. The second-order valence-corrected chi connectivity index (χ2v) is 5.65. The van der Waals surface area contributed by atoms with Crippen LogP contribution < -0.4 is 10.1 Å². The summed E-state index contributed by atoms with van der Waals surface area (Å²) in [6, 6.07) is 17.8. The van der Waals surface area contributed by atoms with Crippen LogP contribution in [0.2, 0.25) is 0 Å². The average Bonchev–Trinajstić information content (AvgIpc) is 2.54. The fourth-order valence-corrected chi connectivity index (χ4v) is 2.98. The molecule has 0 aromatic heterocycles. The number of para-hydroxylation sites is 1. The van der Waals surface area contributed by atoms with E-state index in [1.165, 1.54) is 36.1 Å². The summed E-state index contributed by atoms with van der Waals surface area (Å²) in [6.07, 6.45) is 4.72. The van der Waals surface area contributed by atoms with Crippen molar-refractivity contribution in [1.29, 1.82) is 0 Å².